The minimum atomic E-state index is -0.00880. The molecule has 1 amide bonds. The van der Waals surface area contributed by atoms with Gasteiger partial charge < -0.3 is 24.1 Å². The summed E-state index contributed by atoms with van der Waals surface area (Å²) in [5, 5.41) is 0. The summed E-state index contributed by atoms with van der Waals surface area (Å²) in [6, 6.07) is 11.7. The molecule has 2 aromatic carbocycles. The number of carbonyl (C=O) groups is 1. The van der Waals surface area contributed by atoms with E-state index in [9.17, 15) is 4.79 Å². The van der Waals surface area contributed by atoms with Crippen LogP contribution in [-0.2, 0) is 22.5 Å². The Hall–Kier alpha value is -3.06. The Morgan fingerprint density at radius 1 is 1.21 bits per heavy atom. The molecule has 0 saturated carbocycles. The molecule has 0 saturated heterocycles. The van der Waals surface area contributed by atoms with Gasteiger partial charge in [0.05, 0.1) is 24.1 Å². The minimum Gasteiger partial charge on any atom is -0.454 e. The van der Waals surface area contributed by atoms with Gasteiger partial charge in [0, 0.05) is 20.2 Å². The fraction of sp³-hybridized carbons (Fsp3) is 0.333. The molecule has 2 heterocycles. The SMILES string of the molecule is COCCN(Cc1ccc2c(c1)OCO2)C(=O)Cc1nc2ccc(C)cc2[nH]1. The maximum atomic E-state index is 13.0. The quantitative estimate of drug-likeness (QED) is 0.681. The van der Waals surface area contributed by atoms with Crippen molar-refractivity contribution in [2.75, 3.05) is 27.1 Å². The first-order valence-electron chi connectivity index (χ1n) is 9.23. The van der Waals surface area contributed by atoms with Crippen molar-refractivity contribution < 1.29 is 19.0 Å². The first-order chi connectivity index (χ1) is 13.6. The number of amides is 1. The third kappa shape index (κ3) is 3.94. The predicted octanol–water partition coefficient (Wildman–Crippen LogP) is 2.82. The third-order valence-corrected chi connectivity index (χ3v) is 4.73. The van der Waals surface area contributed by atoms with Crippen molar-refractivity contribution in [2.24, 2.45) is 0 Å². The molecule has 0 unspecified atom stereocenters. The van der Waals surface area contributed by atoms with Gasteiger partial charge in [-0.1, -0.05) is 12.1 Å². The number of benzene rings is 2. The predicted molar refractivity (Wildman–Crippen MR) is 104 cm³/mol. The monoisotopic (exact) mass is 381 g/mol. The van der Waals surface area contributed by atoms with Crippen LogP contribution in [0.3, 0.4) is 0 Å². The van der Waals surface area contributed by atoms with Crippen LogP contribution in [-0.4, -0.2) is 47.8 Å². The van der Waals surface area contributed by atoms with E-state index in [0.717, 1.165) is 27.9 Å². The molecule has 0 spiro atoms. The van der Waals surface area contributed by atoms with E-state index >= 15 is 0 Å². The number of imidazole rings is 1. The number of hydrogen-bond donors (Lipinski definition) is 1. The number of rotatable bonds is 7. The fourth-order valence-corrected chi connectivity index (χ4v) is 3.27. The van der Waals surface area contributed by atoms with Crippen LogP contribution in [0, 0.1) is 6.92 Å². The zero-order chi connectivity index (χ0) is 19.5. The molecule has 7 nitrogen and oxygen atoms in total. The van der Waals surface area contributed by atoms with Gasteiger partial charge in [-0.05, 0) is 42.3 Å². The van der Waals surface area contributed by atoms with E-state index < -0.39 is 0 Å². The topological polar surface area (TPSA) is 76.7 Å². The molecule has 1 aromatic heterocycles. The number of methoxy groups -OCH3 is 1. The summed E-state index contributed by atoms with van der Waals surface area (Å²) in [7, 11) is 1.63. The van der Waals surface area contributed by atoms with Crippen LogP contribution in [0.1, 0.15) is 17.0 Å². The van der Waals surface area contributed by atoms with Crippen LogP contribution in [0.15, 0.2) is 36.4 Å². The zero-order valence-corrected chi connectivity index (χ0v) is 16.0. The van der Waals surface area contributed by atoms with Crippen LogP contribution >= 0.6 is 0 Å². The van der Waals surface area contributed by atoms with Crippen LogP contribution < -0.4 is 9.47 Å². The number of nitrogens with one attached hydrogen (secondary N) is 1. The molecule has 146 valence electrons. The van der Waals surface area contributed by atoms with Crippen molar-refractivity contribution in [1.29, 1.82) is 0 Å². The summed E-state index contributed by atoms with van der Waals surface area (Å²) >= 11 is 0. The second kappa shape index (κ2) is 7.90. The standard InChI is InChI=1S/C21H23N3O4/c1-14-3-5-16-17(9-14)23-20(22-16)11-21(25)24(7-8-26-2)12-15-4-6-18-19(10-15)28-13-27-18/h3-6,9-10H,7-8,11-13H2,1-2H3,(H,22,23). The Bertz CT molecular complexity index is 998. The first kappa shape index (κ1) is 18.3. The van der Waals surface area contributed by atoms with Crippen molar-refractivity contribution in [3.05, 3.63) is 53.3 Å². The zero-order valence-electron chi connectivity index (χ0n) is 16.0. The molecule has 0 radical (unpaired) electrons. The number of aromatic nitrogens is 2. The van der Waals surface area contributed by atoms with Gasteiger partial charge in [0.25, 0.3) is 0 Å². The van der Waals surface area contributed by atoms with Gasteiger partial charge in [-0.3, -0.25) is 4.79 Å². The van der Waals surface area contributed by atoms with E-state index in [1.807, 2.05) is 43.3 Å². The van der Waals surface area contributed by atoms with Gasteiger partial charge in [-0.25, -0.2) is 4.98 Å². The number of ether oxygens (including phenoxy) is 3. The van der Waals surface area contributed by atoms with E-state index in [1.165, 1.54) is 0 Å². The van der Waals surface area contributed by atoms with Crippen molar-refractivity contribution in [3.63, 3.8) is 0 Å². The average Bonchev–Trinajstić information content (AvgIpc) is 3.30. The summed E-state index contributed by atoms with van der Waals surface area (Å²) < 4.78 is 16.0. The smallest absolute Gasteiger partial charge is 0.231 e. The molecule has 1 N–H and O–H groups in total. The van der Waals surface area contributed by atoms with Crippen molar-refractivity contribution >= 4 is 16.9 Å². The molecule has 1 aliphatic heterocycles. The maximum absolute atomic E-state index is 13.0. The second-order valence-electron chi connectivity index (χ2n) is 6.88. The normalized spacial score (nSPS) is 12.5. The molecular weight excluding hydrogens is 358 g/mol. The van der Waals surface area contributed by atoms with E-state index in [0.29, 0.717) is 31.3 Å². The molecule has 28 heavy (non-hydrogen) atoms. The molecule has 0 bridgehead atoms. The highest BCUT2D eigenvalue weighted by molar-refractivity contribution is 5.81. The number of aromatic amines is 1. The molecule has 0 fully saturated rings. The van der Waals surface area contributed by atoms with Crippen molar-refractivity contribution in [3.8, 4) is 11.5 Å². The number of hydrogen-bond acceptors (Lipinski definition) is 5. The van der Waals surface area contributed by atoms with E-state index in [1.54, 1.807) is 12.0 Å². The van der Waals surface area contributed by atoms with E-state index in [2.05, 4.69) is 9.97 Å². The highest BCUT2D eigenvalue weighted by atomic mass is 16.7. The maximum Gasteiger partial charge on any atom is 0.231 e. The summed E-state index contributed by atoms with van der Waals surface area (Å²) in [4.78, 5) is 22.5. The second-order valence-corrected chi connectivity index (χ2v) is 6.88. The van der Waals surface area contributed by atoms with Crippen LogP contribution in [0.2, 0.25) is 0 Å². The number of fused-ring (bicyclic) bond motifs is 2. The molecule has 0 aliphatic carbocycles. The van der Waals surface area contributed by atoms with Crippen LogP contribution in [0.4, 0.5) is 0 Å². The highest BCUT2D eigenvalue weighted by Gasteiger charge is 2.19. The summed E-state index contributed by atoms with van der Waals surface area (Å²) in [6.45, 7) is 3.70. The van der Waals surface area contributed by atoms with Gasteiger partial charge >= 0.3 is 0 Å². The van der Waals surface area contributed by atoms with Crippen LogP contribution in [0.5, 0.6) is 11.5 Å². The summed E-state index contributed by atoms with van der Waals surface area (Å²) in [6.07, 6.45) is 0.210. The van der Waals surface area contributed by atoms with Gasteiger partial charge in [-0.15, -0.1) is 0 Å². The highest BCUT2D eigenvalue weighted by Crippen LogP contribution is 2.32. The van der Waals surface area contributed by atoms with Crippen molar-refractivity contribution in [1.82, 2.24) is 14.9 Å². The summed E-state index contributed by atoms with van der Waals surface area (Å²) in [5.74, 6) is 2.10. The molecule has 7 heteroatoms. The van der Waals surface area contributed by atoms with Crippen LogP contribution in [0.25, 0.3) is 11.0 Å². The number of nitrogens with zero attached hydrogens (tertiary/aromatic N) is 2. The molecule has 0 atom stereocenters. The molecule has 3 aromatic rings. The lowest BCUT2D eigenvalue weighted by Crippen LogP contribution is -2.34. The number of H-pyrrole nitrogens is 1. The fourth-order valence-electron chi connectivity index (χ4n) is 3.27. The Morgan fingerprint density at radius 3 is 2.93 bits per heavy atom. The Labute approximate surface area is 163 Å². The summed E-state index contributed by atoms with van der Waals surface area (Å²) in [5.41, 5.74) is 3.95. The minimum absolute atomic E-state index is 0.00880. The first-order valence-corrected chi connectivity index (χ1v) is 9.23. The van der Waals surface area contributed by atoms with Crippen molar-refractivity contribution in [2.45, 2.75) is 19.9 Å². The van der Waals surface area contributed by atoms with Gasteiger partial charge in [0.15, 0.2) is 11.5 Å². The van der Waals surface area contributed by atoms with E-state index in [-0.39, 0.29) is 19.1 Å². The average molecular weight is 381 g/mol. The third-order valence-electron chi connectivity index (χ3n) is 4.73. The van der Waals surface area contributed by atoms with E-state index in [4.69, 9.17) is 14.2 Å². The number of carbonyl (C=O) groups excluding carboxylic acids is 1. The molecule has 4 rings (SSSR count). The Kier molecular flexibility index (Phi) is 5.16. The number of aryl methyl sites for hydroxylation is 1. The lowest BCUT2D eigenvalue weighted by molar-refractivity contribution is -0.131. The molecular formula is C21H23N3O4. The van der Waals surface area contributed by atoms with Gasteiger partial charge in [0.1, 0.15) is 5.82 Å². The largest absolute Gasteiger partial charge is 0.454 e. The Balaban J connectivity index is 1.49. The molecule has 1 aliphatic rings. The Morgan fingerprint density at radius 2 is 2.07 bits per heavy atom. The van der Waals surface area contributed by atoms with Gasteiger partial charge in [-0.2, -0.15) is 0 Å². The lowest BCUT2D eigenvalue weighted by Gasteiger charge is -2.22. The lowest BCUT2D eigenvalue weighted by atomic mass is 10.2. The van der Waals surface area contributed by atoms with Gasteiger partial charge in [0.2, 0.25) is 12.7 Å².